The summed E-state index contributed by atoms with van der Waals surface area (Å²) in [5.74, 6) is 0. The first-order valence-corrected chi connectivity index (χ1v) is 8.73. The lowest BCUT2D eigenvalue weighted by Gasteiger charge is -2.32. The van der Waals surface area contributed by atoms with Crippen molar-refractivity contribution in [3.05, 3.63) is 17.7 Å². The molecule has 1 aromatic heterocycles. The van der Waals surface area contributed by atoms with E-state index in [2.05, 4.69) is 50.8 Å². The van der Waals surface area contributed by atoms with Crippen LogP contribution < -0.4 is 0 Å². The maximum Gasteiger partial charge on any atom is 0.171 e. The van der Waals surface area contributed by atoms with Gasteiger partial charge in [0.1, 0.15) is 0 Å². The van der Waals surface area contributed by atoms with Crippen molar-refractivity contribution in [2.75, 3.05) is 0 Å². The summed E-state index contributed by atoms with van der Waals surface area (Å²) < 4.78 is 6.13. The number of hydrogen-bond donors (Lipinski definition) is 1. The molecule has 1 heterocycles. The van der Waals surface area contributed by atoms with Gasteiger partial charge in [-0.15, -0.1) is 0 Å². The second-order valence-electron chi connectivity index (χ2n) is 5.72. The molecule has 4 heteroatoms. The Kier molecular flexibility index (Phi) is 4.33. The number of aromatic nitrogens is 2. The lowest BCUT2D eigenvalue weighted by molar-refractivity contribution is 0.0858. The molecular weight excluding hydrogens is 216 g/mol. The van der Waals surface area contributed by atoms with Gasteiger partial charge in [0.15, 0.2) is 9.04 Å². The number of imidazole rings is 1. The van der Waals surface area contributed by atoms with Crippen LogP contribution in [0, 0.1) is 12.3 Å². The van der Waals surface area contributed by atoms with Gasteiger partial charge < -0.3 is 9.41 Å². The van der Waals surface area contributed by atoms with Crippen LogP contribution in [0.2, 0.25) is 13.1 Å². The summed E-state index contributed by atoms with van der Waals surface area (Å²) in [6.07, 6.45) is 2.93. The number of nitrogens with one attached hydrogen (secondary N) is 1. The molecule has 3 nitrogen and oxygen atoms in total. The maximum atomic E-state index is 6.13. The highest BCUT2D eigenvalue weighted by Crippen LogP contribution is 2.26. The Morgan fingerprint density at radius 3 is 2.44 bits per heavy atom. The van der Waals surface area contributed by atoms with Gasteiger partial charge in [0, 0.05) is 12.1 Å². The van der Waals surface area contributed by atoms with Crippen LogP contribution in [0.4, 0.5) is 0 Å². The van der Waals surface area contributed by atoms with Crippen molar-refractivity contribution in [2.45, 2.75) is 53.3 Å². The third-order valence-electron chi connectivity index (χ3n) is 2.72. The number of hydrogen-bond acceptors (Lipinski definition) is 2. The Balaban J connectivity index is 2.75. The van der Waals surface area contributed by atoms with E-state index in [1.165, 1.54) is 0 Å². The predicted molar refractivity (Wildman–Crippen MR) is 70.2 cm³/mol. The Morgan fingerprint density at radius 2 is 2.06 bits per heavy atom. The Hall–Kier alpha value is -0.613. The largest absolute Gasteiger partial charge is 0.417 e. The molecule has 0 radical (unpaired) electrons. The monoisotopic (exact) mass is 240 g/mol. The molecule has 92 valence electrons. The molecule has 1 atom stereocenters. The van der Waals surface area contributed by atoms with E-state index < -0.39 is 9.04 Å². The van der Waals surface area contributed by atoms with Crippen molar-refractivity contribution >= 4 is 9.04 Å². The molecule has 0 aromatic carbocycles. The topological polar surface area (TPSA) is 37.9 Å². The van der Waals surface area contributed by atoms with E-state index in [4.69, 9.17) is 4.43 Å². The molecule has 1 rings (SSSR count). The fourth-order valence-electron chi connectivity index (χ4n) is 1.66. The molecule has 1 N–H and O–H groups in total. The van der Waals surface area contributed by atoms with Crippen LogP contribution in [0.3, 0.4) is 0 Å². The fraction of sp³-hybridized carbons (Fsp3) is 0.750. The van der Waals surface area contributed by atoms with E-state index in [1.54, 1.807) is 6.33 Å². The van der Waals surface area contributed by atoms with Gasteiger partial charge in [0.2, 0.25) is 0 Å². The van der Waals surface area contributed by atoms with Gasteiger partial charge in [0.25, 0.3) is 0 Å². The summed E-state index contributed by atoms with van der Waals surface area (Å²) >= 11 is 0. The number of aromatic amines is 1. The maximum absolute atomic E-state index is 6.13. The van der Waals surface area contributed by atoms with Gasteiger partial charge in [-0.3, -0.25) is 0 Å². The van der Waals surface area contributed by atoms with Crippen LogP contribution in [-0.4, -0.2) is 25.1 Å². The summed E-state index contributed by atoms with van der Waals surface area (Å²) in [6.45, 7) is 13.2. The van der Waals surface area contributed by atoms with E-state index in [-0.39, 0.29) is 11.5 Å². The lowest BCUT2D eigenvalue weighted by atomic mass is 9.86. The van der Waals surface area contributed by atoms with Gasteiger partial charge >= 0.3 is 0 Å². The SMILES string of the molecule is Cc1[nH]cnc1CC(O[SiH](C)C)C(C)(C)C. The van der Waals surface area contributed by atoms with Crippen molar-refractivity contribution in [1.82, 2.24) is 9.97 Å². The summed E-state index contributed by atoms with van der Waals surface area (Å²) in [6, 6.07) is 0. The molecule has 0 saturated carbocycles. The second kappa shape index (κ2) is 5.14. The van der Waals surface area contributed by atoms with Crippen LogP contribution in [0.25, 0.3) is 0 Å². The first-order chi connectivity index (χ1) is 7.30. The van der Waals surface area contributed by atoms with Crippen LogP contribution >= 0.6 is 0 Å². The lowest BCUT2D eigenvalue weighted by Crippen LogP contribution is -2.35. The Morgan fingerprint density at radius 1 is 1.44 bits per heavy atom. The smallest absolute Gasteiger partial charge is 0.171 e. The van der Waals surface area contributed by atoms with Crippen LogP contribution in [0.5, 0.6) is 0 Å². The molecule has 16 heavy (non-hydrogen) atoms. The molecule has 0 fully saturated rings. The van der Waals surface area contributed by atoms with E-state index in [0.717, 1.165) is 17.8 Å². The van der Waals surface area contributed by atoms with Gasteiger partial charge in [-0.05, 0) is 25.4 Å². The minimum absolute atomic E-state index is 0.169. The van der Waals surface area contributed by atoms with Crippen LogP contribution in [0.15, 0.2) is 6.33 Å². The number of rotatable bonds is 4. The van der Waals surface area contributed by atoms with Gasteiger partial charge in [0.05, 0.1) is 18.1 Å². The quantitative estimate of drug-likeness (QED) is 0.822. The predicted octanol–water partition coefficient (Wildman–Crippen LogP) is 2.68. The minimum Gasteiger partial charge on any atom is -0.417 e. The number of aryl methyl sites for hydroxylation is 1. The highest BCUT2D eigenvalue weighted by atomic mass is 28.3. The normalized spacial score (nSPS) is 14.4. The van der Waals surface area contributed by atoms with E-state index >= 15 is 0 Å². The van der Waals surface area contributed by atoms with Crippen molar-refractivity contribution < 1.29 is 4.43 Å². The molecule has 0 spiro atoms. The third-order valence-corrected chi connectivity index (χ3v) is 3.59. The zero-order chi connectivity index (χ0) is 12.3. The molecule has 1 unspecified atom stereocenters. The second-order valence-corrected chi connectivity index (χ2v) is 8.09. The summed E-state index contributed by atoms with van der Waals surface area (Å²) in [7, 11) is -1.00. The highest BCUT2D eigenvalue weighted by molar-refractivity contribution is 6.48. The Bertz CT molecular complexity index is 328. The van der Waals surface area contributed by atoms with Crippen molar-refractivity contribution in [1.29, 1.82) is 0 Å². The molecule has 0 saturated heterocycles. The third kappa shape index (κ3) is 3.76. The fourth-order valence-corrected chi connectivity index (χ4v) is 2.82. The van der Waals surface area contributed by atoms with Crippen LogP contribution in [-0.2, 0) is 10.8 Å². The van der Waals surface area contributed by atoms with E-state index in [1.807, 2.05) is 0 Å². The number of H-pyrrole nitrogens is 1. The molecule has 0 aliphatic heterocycles. The van der Waals surface area contributed by atoms with Gasteiger partial charge in [-0.2, -0.15) is 0 Å². The number of nitrogens with zero attached hydrogens (tertiary/aromatic N) is 1. The summed E-state index contributed by atoms with van der Waals surface area (Å²) in [5.41, 5.74) is 2.46. The molecule has 1 aromatic rings. The molecule has 0 aliphatic carbocycles. The Labute approximate surface area is 100 Å². The van der Waals surface area contributed by atoms with Crippen LogP contribution in [0.1, 0.15) is 32.2 Å². The van der Waals surface area contributed by atoms with E-state index in [9.17, 15) is 0 Å². The minimum atomic E-state index is -1.00. The summed E-state index contributed by atoms with van der Waals surface area (Å²) in [4.78, 5) is 7.48. The van der Waals surface area contributed by atoms with Gasteiger partial charge in [-0.25, -0.2) is 4.98 Å². The first kappa shape index (κ1) is 13.5. The molecule has 0 bridgehead atoms. The van der Waals surface area contributed by atoms with Crippen molar-refractivity contribution in [3.8, 4) is 0 Å². The average Bonchev–Trinajstić information content (AvgIpc) is 2.48. The van der Waals surface area contributed by atoms with Crippen molar-refractivity contribution in [3.63, 3.8) is 0 Å². The molecule has 0 amide bonds. The van der Waals surface area contributed by atoms with E-state index in [0.29, 0.717) is 0 Å². The zero-order valence-corrected chi connectivity index (χ0v) is 12.4. The van der Waals surface area contributed by atoms with Gasteiger partial charge in [-0.1, -0.05) is 20.8 Å². The first-order valence-electron chi connectivity index (χ1n) is 5.95. The average molecular weight is 240 g/mol. The standard InChI is InChI=1S/C12H24N2OSi/c1-9-10(14-8-13-9)7-11(12(2,3)4)15-16(5)6/h8,11,16H,7H2,1-6H3,(H,13,14). The summed E-state index contributed by atoms with van der Waals surface area (Å²) in [5, 5.41) is 0. The molecular formula is C12H24N2OSi. The van der Waals surface area contributed by atoms with Crippen molar-refractivity contribution in [2.24, 2.45) is 5.41 Å². The molecule has 0 aliphatic rings. The highest BCUT2D eigenvalue weighted by Gasteiger charge is 2.27. The zero-order valence-electron chi connectivity index (χ0n) is 11.3.